The highest BCUT2D eigenvalue weighted by atomic mass is 32.1. The maximum absolute atomic E-state index is 11.7. The molecule has 2 N–H and O–H groups in total. The van der Waals surface area contributed by atoms with Crippen LogP contribution >= 0.6 is 11.3 Å². The number of anilines is 1. The summed E-state index contributed by atoms with van der Waals surface area (Å²) in [4.78, 5) is 16.1. The summed E-state index contributed by atoms with van der Waals surface area (Å²) in [6.07, 6.45) is 2.35. The van der Waals surface area contributed by atoms with Crippen LogP contribution < -0.4 is 15.4 Å². The van der Waals surface area contributed by atoms with Crippen LogP contribution in [-0.4, -0.2) is 30.6 Å². The number of thiazole rings is 1. The largest absolute Gasteiger partial charge is 0.497 e. The molecule has 0 atom stereocenters. The maximum Gasteiger partial charge on any atom is 0.240 e. The van der Waals surface area contributed by atoms with Crippen LogP contribution in [-0.2, 0) is 4.79 Å². The summed E-state index contributed by atoms with van der Waals surface area (Å²) in [6.45, 7) is 0.351. The van der Waals surface area contributed by atoms with E-state index in [1.807, 2.05) is 18.2 Å². The number of benzene rings is 1. The van der Waals surface area contributed by atoms with Crippen LogP contribution in [0.2, 0.25) is 0 Å². The van der Waals surface area contributed by atoms with Gasteiger partial charge in [-0.2, -0.15) is 0 Å². The van der Waals surface area contributed by atoms with E-state index in [1.54, 1.807) is 7.11 Å². The van der Waals surface area contributed by atoms with Crippen LogP contribution in [0.3, 0.4) is 0 Å². The van der Waals surface area contributed by atoms with Gasteiger partial charge in [0.05, 0.1) is 23.9 Å². The average Bonchev–Trinajstić information content (AvgIpc) is 3.15. The Morgan fingerprint density at radius 2 is 2.37 bits per heavy atom. The first kappa shape index (κ1) is 12.4. The molecule has 0 unspecified atom stereocenters. The Hall–Kier alpha value is -1.66. The number of nitrogens with zero attached hydrogens (tertiary/aromatic N) is 1. The van der Waals surface area contributed by atoms with Gasteiger partial charge >= 0.3 is 0 Å². The van der Waals surface area contributed by atoms with E-state index in [0.29, 0.717) is 17.7 Å². The number of carbonyl (C=O) groups excluding carboxylic acids is 1. The van der Waals surface area contributed by atoms with Crippen molar-refractivity contribution >= 4 is 32.6 Å². The molecule has 2 aromatic rings. The van der Waals surface area contributed by atoms with Crippen LogP contribution in [0.1, 0.15) is 12.8 Å². The quantitative estimate of drug-likeness (QED) is 0.877. The Bertz CT molecular complexity index is 607. The third-order valence-electron chi connectivity index (χ3n) is 2.97. The number of amides is 1. The van der Waals surface area contributed by atoms with Crippen molar-refractivity contribution in [2.24, 2.45) is 0 Å². The number of rotatable bonds is 5. The molecule has 0 spiro atoms. The maximum atomic E-state index is 11.7. The first-order valence-electron chi connectivity index (χ1n) is 6.22. The summed E-state index contributed by atoms with van der Waals surface area (Å²) >= 11 is 1.45. The highest BCUT2D eigenvalue weighted by Crippen LogP contribution is 2.29. The van der Waals surface area contributed by atoms with E-state index in [1.165, 1.54) is 24.2 Å². The SMILES string of the molecule is COc1ccc2nc(NC(=O)CNC3CC3)sc2c1. The molecule has 0 aliphatic heterocycles. The molecule has 1 saturated carbocycles. The van der Waals surface area contributed by atoms with E-state index in [0.717, 1.165) is 16.0 Å². The van der Waals surface area contributed by atoms with E-state index in [2.05, 4.69) is 15.6 Å². The zero-order valence-corrected chi connectivity index (χ0v) is 11.4. The highest BCUT2D eigenvalue weighted by Gasteiger charge is 2.21. The van der Waals surface area contributed by atoms with E-state index in [-0.39, 0.29) is 5.91 Å². The number of methoxy groups -OCH3 is 1. The summed E-state index contributed by atoms with van der Waals surface area (Å²) < 4.78 is 6.17. The number of nitrogens with one attached hydrogen (secondary N) is 2. The zero-order valence-electron chi connectivity index (χ0n) is 10.6. The van der Waals surface area contributed by atoms with Gasteiger partial charge in [0.1, 0.15) is 5.75 Å². The van der Waals surface area contributed by atoms with Crippen molar-refractivity contribution in [1.82, 2.24) is 10.3 Å². The van der Waals surface area contributed by atoms with E-state index < -0.39 is 0 Å². The minimum atomic E-state index is -0.0436. The van der Waals surface area contributed by atoms with E-state index >= 15 is 0 Å². The molecule has 1 aromatic carbocycles. The predicted molar refractivity (Wildman–Crippen MR) is 75.8 cm³/mol. The van der Waals surface area contributed by atoms with Gasteiger partial charge in [0, 0.05) is 6.04 Å². The van der Waals surface area contributed by atoms with E-state index in [4.69, 9.17) is 4.74 Å². The predicted octanol–water partition coefficient (Wildman–Crippen LogP) is 2.00. The van der Waals surface area contributed by atoms with Crippen LogP contribution in [0.5, 0.6) is 5.75 Å². The Morgan fingerprint density at radius 3 is 3.11 bits per heavy atom. The van der Waals surface area contributed by atoms with Crippen molar-refractivity contribution in [1.29, 1.82) is 0 Å². The fourth-order valence-corrected chi connectivity index (χ4v) is 2.68. The van der Waals surface area contributed by atoms with Gasteiger partial charge in [-0.25, -0.2) is 4.98 Å². The first-order valence-corrected chi connectivity index (χ1v) is 7.04. The summed E-state index contributed by atoms with van der Waals surface area (Å²) in [7, 11) is 1.63. The van der Waals surface area contributed by atoms with Crippen molar-refractivity contribution in [2.75, 3.05) is 19.0 Å². The monoisotopic (exact) mass is 277 g/mol. The molecule has 1 aliphatic carbocycles. The molecule has 0 bridgehead atoms. The molecule has 5 nitrogen and oxygen atoms in total. The van der Waals surface area contributed by atoms with Crippen LogP contribution in [0.15, 0.2) is 18.2 Å². The van der Waals surface area contributed by atoms with Gasteiger partial charge in [0.25, 0.3) is 0 Å². The standard InChI is InChI=1S/C13H15N3O2S/c1-18-9-4-5-10-11(6-9)19-13(15-10)16-12(17)7-14-8-2-3-8/h4-6,8,14H,2-3,7H2,1H3,(H,15,16,17). The molecule has 100 valence electrons. The van der Waals surface area contributed by atoms with Gasteiger partial charge < -0.3 is 15.4 Å². The Morgan fingerprint density at radius 1 is 1.53 bits per heavy atom. The Balaban J connectivity index is 1.68. The third kappa shape index (κ3) is 3.02. The smallest absolute Gasteiger partial charge is 0.240 e. The molecular weight excluding hydrogens is 262 g/mol. The molecule has 0 radical (unpaired) electrons. The number of aromatic nitrogens is 1. The number of ether oxygens (including phenoxy) is 1. The molecule has 1 amide bonds. The fourth-order valence-electron chi connectivity index (χ4n) is 1.77. The van der Waals surface area contributed by atoms with Crippen molar-refractivity contribution < 1.29 is 9.53 Å². The molecule has 3 rings (SSSR count). The number of carbonyl (C=O) groups is 1. The lowest BCUT2D eigenvalue weighted by Gasteiger charge is -2.01. The topological polar surface area (TPSA) is 63.2 Å². The second-order valence-electron chi connectivity index (χ2n) is 4.56. The summed E-state index contributed by atoms with van der Waals surface area (Å²) in [5.41, 5.74) is 0.872. The lowest BCUT2D eigenvalue weighted by atomic mass is 10.3. The second kappa shape index (κ2) is 5.14. The van der Waals surface area contributed by atoms with Crippen molar-refractivity contribution in [3.63, 3.8) is 0 Å². The third-order valence-corrected chi connectivity index (χ3v) is 3.90. The molecule has 1 fully saturated rings. The number of fused-ring (bicyclic) bond motifs is 1. The lowest BCUT2D eigenvalue weighted by Crippen LogP contribution is -2.29. The molecule has 1 heterocycles. The minimum Gasteiger partial charge on any atom is -0.497 e. The molecule has 1 aromatic heterocycles. The molecule has 6 heteroatoms. The molecule has 0 saturated heterocycles. The Kier molecular flexibility index (Phi) is 3.35. The van der Waals surface area contributed by atoms with Gasteiger partial charge in [0.2, 0.25) is 5.91 Å². The highest BCUT2D eigenvalue weighted by molar-refractivity contribution is 7.22. The van der Waals surface area contributed by atoms with Gasteiger partial charge in [-0.3, -0.25) is 4.79 Å². The minimum absolute atomic E-state index is 0.0436. The van der Waals surface area contributed by atoms with Crippen molar-refractivity contribution in [3.05, 3.63) is 18.2 Å². The summed E-state index contributed by atoms with van der Waals surface area (Å²) in [5, 5.41) is 6.62. The van der Waals surface area contributed by atoms with E-state index in [9.17, 15) is 4.79 Å². The number of hydrogen-bond acceptors (Lipinski definition) is 5. The Labute approximate surface area is 115 Å². The average molecular weight is 277 g/mol. The summed E-state index contributed by atoms with van der Waals surface area (Å²) in [6, 6.07) is 6.21. The zero-order chi connectivity index (χ0) is 13.2. The van der Waals surface area contributed by atoms with Gasteiger partial charge in [-0.15, -0.1) is 0 Å². The molecule has 19 heavy (non-hydrogen) atoms. The van der Waals surface area contributed by atoms with Crippen molar-refractivity contribution in [2.45, 2.75) is 18.9 Å². The lowest BCUT2D eigenvalue weighted by molar-refractivity contribution is -0.115. The van der Waals surface area contributed by atoms with Crippen LogP contribution in [0, 0.1) is 0 Å². The molecular formula is C13H15N3O2S. The first-order chi connectivity index (χ1) is 9.24. The van der Waals surface area contributed by atoms with Crippen LogP contribution in [0.25, 0.3) is 10.2 Å². The summed E-state index contributed by atoms with van der Waals surface area (Å²) in [5.74, 6) is 0.752. The van der Waals surface area contributed by atoms with Gasteiger partial charge in [-0.1, -0.05) is 11.3 Å². The van der Waals surface area contributed by atoms with Crippen molar-refractivity contribution in [3.8, 4) is 5.75 Å². The van der Waals surface area contributed by atoms with Gasteiger partial charge in [-0.05, 0) is 31.0 Å². The second-order valence-corrected chi connectivity index (χ2v) is 5.59. The number of hydrogen-bond donors (Lipinski definition) is 2. The molecule has 1 aliphatic rings. The normalized spacial score (nSPS) is 14.6. The van der Waals surface area contributed by atoms with Gasteiger partial charge in [0.15, 0.2) is 5.13 Å². The van der Waals surface area contributed by atoms with Crippen LogP contribution in [0.4, 0.5) is 5.13 Å². The fraction of sp³-hybridized carbons (Fsp3) is 0.385.